The maximum atomic E-state index is 13.3. The molecule has 1 N–H and O–H groups in total. The number of Topliss-reactive ketones (excluding diaryl/α,β-unsaturated/α-hetero) is 1. The van der Waals surface area contributed by atoms with E-state index in [-0.39, 0.29) is 29.7 Å². The van der Waals surface area contributed by atoms with Crippen molar-refractivity contribution >= 4 is 16.8 Å². The highest BCUT2D eigenvalue weighted by atomic mass is 16.7. The molecule has 33 heavy (non-hydrogen) atoms. The molecule has 0 amide bonds. The average molecular weight is 440 g/mol. The van der Waals surface area contributed by atoms with E-state index in [0.717, 1.165) is 28.0 Å². The average Bonchev–Trinajstić information content (AvgIpc) is 3.27. The summed E-state index contributed by atoms with van der Waals surface area (Å²) in [5, 5.41) is 2.07. The second-order valence-electron chi connectivity index (χ2n) is 8.83. The highest BCUT2D eigenvalue weighted by Crippen LogP contribution is 2.46. The molecule has 5 heteroatoms. The molecule has 1 aliphatic heterocycles. The summed E-state index contributed by atoms with van der Waals surface area (Å²) in [6.07, 6.45) is 0.658. The second-order valence-corrected chi connectivity index (χ2v) is 8.83. The minimum absolute atomic E-state index is 0.157. The van der Waals surface area contributed by atoms with Gasteiger partial charge in [0.15, 0.2) is 0 Å². The van der Waals surface area contributed by atoms with Crippen molar-refractivity contribution in [3.05, 3.63) is 102 Å². The van der Waals surface area contributed by atoms with Gasteiger partial charge >= 0.3 is 0 Å². The van der Waals surface area contributed by atoms with Crippen molar-refractivity contribution < 1.29 is 9.63 Å². The molecule has 1 aromatic heterocycles. The van der Waals surface area contributed by atoms with Crippen LogP contribution in [0.2, 0.25) is 0 Å². The van der Waals surface area contributed by atoms with Crippen molar-refractivity contribution in [2.45, 2.75) is 32.4 Å². The molecule has 5 rings (SSSR count). The topological polar surface area (TPSA) is 58.2 Å². The molecule has 1 aliphatic rings. The Hall–Kier alpha value is -3.28. The molecule has 1 fully saturated rings. The summed E-state index contributed by atoms with van der Waals surface area (Å²) < 4.78 is 0. The number of ketones is 1. The van der Waals surface area contributed by atoms with Crippen LogP contribution in [-0.4, -0.2) is 27.4 Å². The number of hydroxylamine groups is 2. The largest absolute Gasteiger partial charge is 0.342 e. The fraction of sp³-hybridized carbons (Fsp3) is 0.286. The van der Waals surface area contributed by atoms with Gasteiger partial charge in [-0.3, -0.25) is 9.63 Å². The number of H-pyrrole nitrogens is 1. The van der Waals surface area contributed by atoms with Crippen LogP contribution in [0.5, 0.6) is 0 Å². The third-order valence-corrected chi connectivity index (χ3v) is 6.69. The molecular formula is C28H29N3O2. The first-order valence-electron chi connectivity index (χ1n) is 11.6. The van der Waals surface area contributed by atoms with Crippen molar-refractivity contribution in [1.82, 2.24) is 15.0 Å². The molecule has 2 heterocycles. The lowest BCUT2D eigenvalue weighted by Gasteiger charge is -2.47. The number of aromatic nitrogens is 2. The van der Waals surface area contributed by atoms with Gasteiger partial charge in [-0.1, -0.05) is 86.6 Å². The van der Waals surface area contributed by atoms with Crippen LogP contribution in [-0.2, 0) is 16.1 Å². The summed E-state index contributed by atoms with van der Waals surface area (Å²) in [5.41, 5.74) is 4.18. The maximum Gasteiger partial charge on any atom is 0.142 e. The third-order valence-electron chi connectivity index (χ3n) is 6.69. The van der Waals surface area contributed by atoms with Crippen LogP contribution in [0.1, 0.15) is 42.9 Å². The van der Waals surface area contributed by atoms with Crippen molar-refractivity contribution in [2.24, 2.45) is 11.8 Å². The summed E-state index contributed by atoms with van der Waals surface area (Å²) in [5.74, 6) is 0.829. The van der Waals surface area contributed by atoms with Gasteiger partial charge in [0, 0.05) is 18.3 Å². The lowest BCUT2D eigenvalue weighted by Crippen LogP contribution is -2.49. The van der Waals surface area contributed by atoms with Gasteiger partial charge < -0.3 is 4.98 Å². The minimum Gasteiger partial charge on any atom is -0.342 e. The van der Waals surface area contributed by atoms with Crippen LogP contribution in [0.4, 0.5) is 0 Å². The quantitative estimate of drug-likeness (QED) is 0.420. The van der Waals surface area contributed by atoms with Crippen LogP contribution in [0.25, 0.3) is 11.0 Å². The van der Waals surface area contributed by atoms with Gasteiger partial charge in [-0.05, 0) is 23.3 Å². The van der Waals surface area contributed by atoms with E-state index >= 15 is 0 Å². The standard InChI is InChI=1S/C28H29N3O2/c1-19-26(21-11-5-3-6-12-21)31(27(20(2)28(19)32)22-13-7-4-8-14-22)33-18-17-25-29-23-15-9-10-16-24(23)30-25/h3-16,19-20,26-27H,17-18H2,1-2H3,(H,29,30)/t19-,20+,26+,27-. The number of rotatable bonds is 6. The smallest absolute Gasteiger partial charge is 0.142 e. The number of hydrogen-bond donors (Lipinski definition) is 1. The van der Waals surface area contributed by atoms with Crippen molar-refractivity contribution in [3.63, 3.8) is 0 Å². The molecule has 0 saturated carbocycles. The van der Waals surface area contributed by atoms with E-state index in [4.69, 9.17) is 4.84 Å². The van der Waals surface area contributed by atoms with E-state index in [1.807, 2.05) is 74.5 Å². The Morgan fingerprint density at radius 1 is 0.818 bits per heavy atom. The van der Waals surface area contributed by atoms with Crippen LogP contribution >= 0.6 is 0 Å². The van der Waals surface area contributed by atoms with Crippen molar-refractivity contribution in [1.29, 1.82) is 0 Å². The second kappa shape index (κ2) is 9.30. The van der Waals surface area contributed by atoms with E-state index in [1.165, 1.54) is 0 Å². The van der Waals surface area contributed by atoms with Crippen LogP contribution < -0.4 is 0 Å². The van der Waals surface area contributed by atoms with Gasteiger partial charge in [0.2, 0.25) is 0 Å². The lowest BCUT2D eigenvalue weighted by molar-refractivity contribution is -0.246. The Balaban J connectivity index is 1.45. The van der Waals surface area contributed by atoms with E-state index in [1.54, 1.807) is 0 Å². The lowest BCUT2D eigenvalue weighted by atomic mass is 9.76. The Kier molecular flexibility index (Phi) is 6.07. The molecule has 1 saturated heterocycles. The van der Waals surface area contributed by atoms with Gasteiger partial charge in [-0.25, -0.2) is 4.98 Å². The molecule has 4 aromatic rings. The third kappa shape index (κ3) is 4.22. The Bertz CT molecular complexity index is 1130. The van der Waals surface area contributed by atoms with Gasteiger partial charge in [0.25, 0.3) is 0 Å². The number of piperidine rings is 1. The first-order chi connectivity index (χ1) is 16.1. The number of hydrogen-bond acceptors (Lipinski definition) is 4. The normalized spacial score (nSPS) is 23.8. The molecule has 4 atom stereocenters. The Morgan fingerprint density at radius 2 is 1.36 bits per heavy atom. The fourth-order valence-corrected chi connectivity index (χ4v) is 5.04. The number of carbonyl (C=O) groups is 1. The molecule has 0 radical (unpaired) electrons. The SMILES string of the molecule is C[C@@H]1C(=O)[C@H](C)[C@@H](c2ccccc2)N(OCCc2nc3ccccc3[nH]2)[C@H]1c1ccccc1. The predicted molar refractivity (Wildman–Crippen MR) is 129 cm³/mol. The molecule has 168 valence electrons. The first kappa shape index (κ1) is 21.6. The molecular weight excluding hydrogens is 410 g/mol. The van der Waals surface area contributed by atoms with Crippen LogP contribution in [0.15, 0.2) is 84.9 Å². The van der Waals surface area contributed by atoms with Gasteiger partial charge in [-0.15, -0.1) is 0 Å². The van der Waals surface area contributed by atoms with Gasteiger partial charge in [0.05, 0.1) is 29.7 Å². The summed E-state index contributed by atoms with van der Waals surface area (Å²) in [6.45, 7) is 4.51. The number of carbonyl (C=O) groups excluding carboxylic acids is 1. The number of nitrogens with zero attached hydrogens (tertiary/aromatic N) is 2. The Morgan fingerprint density at radius 3 is 1.94 bits per heavy atom. The molecule has 0 aliphatic carbocycles. The summed E-state index contributed by atoms with van der Waals surface area (Å²) in [7, 11) is 0. The molecule has 0 unspecified atom stereocenters. The summed E-state index contributed by atoms with van der Waals surface area (Å²) in [6, 6.07) is 28.2. The van der Waals surface area contributed by atoms with Crippen LogP contribution in [0, 0.1) is 11.8 Å². The van der Waals surface area contributed by atoms with E-state index in [9.17, 15) is 4.79 Å². The number of aromatic amines is 1. The van der Waals surface area contributed by atoms with Crippen molar-refractivity contribution in [2.75, 3.05) is 6.61 Å². The molecule has 0 bridgehead atoms. The highest BCUT2D eigenvalue weighted by molar-refractivity contribution is 5.85. The molecule has 0 spiro atoms. The predicted octanol–water partition coefficient (Wildman–Crippen LogP) is 5.68. The zero-order chi connectivity index (χ0) is 22.8. The van der Waals surface area contributed by atoms with Crippen LogP contribution in [0.3, 0.4) is 0 Å². The number of imidazole rings is 1. The van der Waals surface area contributed by atoms with Gasteiger partial charge in [-0.2, -0.15) is 5.06 Å². The summed E-state index contributed by atoms with van der Waals surface area (Å²) >= 11 is 0. The number of fused-ring (bicyclic) bond motifs is 1. The maximum absolute atomic E-state index is 13.3. The summed E-state index contributed by atoms with van der Waals surface area (Å²) in [4.78, 5) is 27.9. The van der Waals surface area contributed by atoms with E-state index in [2.05, 4.69) is 39.3 Å². The number of para-hydroxylation sites is 2. The number of benzene rings is 3. The Labute approximate surface area is 194 Å². The van der Waals surface area contributed by atoms with Crippen molar-refractivity contribution in [3.8, 4) is 0 Å². The zero-order valence-electron chi connectivity index (χ0n) is 19.0. The van der Waals surface area contributed by atoms with E-state index < -0.39 is 0 Å². The van der Waals surface area contributed by atoms with E-state index in [0.29, 0.717) is 13.0 Å². The fourth-order valence-electron chi connectivity index (χ4n) is 5.04. The minimum atomic E-state index is -0.173. The highest BCUT2D eigenvalue weighted by Gasteiger charge is 2.46. The van der Waals surface area contributed by atoms with Gasteiger partial charge in [0.1, 0.15) is 11.6 Å². The first-order valence-corrected chi connectivity index (χ1v) is 11.6. The molecule has 3 aromatic carbocycles. The zero-order valence-corrected chi connectivity index (χ0v) is 19.0. The monoisotopic (exact) mass is 439 g/mol. The number of nitrogens with one attached hydrogen (secondary N) is 1. The molecule has 5 nitrogen and oxygen atoms in total.